The van der Waals surface area contributed by atoms with Gasteiger partial charge in [0.25, 0.3) is 0 Å². The van der Waals surface area contributed by atoms with E-state index in [0.29, 0.717) is 18.0 Å². The Bertz CT molecular complexity index is 666. The van der Waals surface area contributed by atoms with Crippen LogP contribution in [0.15, 0.2) is 24.3 Å². The van der Waals surface area contributed by atoms with E-state index in [1.54, 1.807) is 6.92 Å². The first-order valence-corrected chi connectivity index (χ1v) is 7.61. The maximum atomic E-state index is 11.7. The van der Waals surface area contributed by atoms with E-state index in [1.807, 2.05) is 31.2 Å². The molecule has 1 aromatic carbocycles. The van der Waals surface area contributed by atoms with Gasteiger partial charge in [-0.25, -0.2) is 4.79 Å². The molecule has 1 amide bonds. The van der Waals surface area contributed by atoms with Gasteiger partial charge < -0.3 is 15.7 Å². The summed E-state index contributed by atoms with van der Waals surface area (Å²) in [7, 11) is 0. The maximum absolute atomic E-state index is 11.7. The number of hydrogen-bond donors (Lipinski definition) is 3. The molecule has 2 rings (SSSR count). The zero-order chi connectivity index (χ0) is 15.4. The van der Waals surface area contributed by atoms with Crippen LogP contribution in [0.3, 0.4) is 0 Å². The van der Waals surface area contributed by atoms with Crippen molar-refractivity contribution in [2.45, 2.75) is 26.4 Å². The molecule has 21 heavy (non-hydrogen) atoms. The molecule has 0 bridgehead atoms. The summed E-state index contributed by atoms with van der Waals surface area (Å²) in [4.78, 5) is 23.4. The van der Waals surface area contributed by atoms with Gasteiger partial charge in [-0.2, -0.15) is 0 Å². The normalized spacial score (nSPS) is 12.3. The highest BCUT2D eigenvalue weighted by Gasteiger charge is 2.19. The van der Waals surface area contributed by atoms with Gasteiger partial charge in [-0.3, -0.25) is 4.79 Å². The number of thiophene rings is 1. The zero-order valence-electron chi connectivity index (χ0n) is 12.0. The Hall–Kier alpha value is -1.92. The van der Waals surface area contributed by atoms with Crippen molar-refractivity contribution in [3.05, 3.63) is 34.7 Å². The molecule has 2 aromatic rings. The Morgan fingerprint density at radius 1 is 1.33 bits per heavy atom. The number of aromatic carboxylic acids is 1. The number of likely N-dealkylation sites (N-methyl/N-ethyl adjacent to an activating group) is 1. The number of amides is 1. The quantitative estimate of drug-likeness (QED) is 0.764. The molecule has 0 aliphatic heterocycles. The van der Waals surface area contributed by atoms with Gasteiger partial charge in [0.05, 0.1) is 6.04 Å². The monoisotopic (exact) mass is 306 g/mol. The summed E-state index contributed by atoms with van der Waals surface area (Å²) in [6, 6.07) is 7.22. The molecule has 0 saturated carbocycles. The van der Waals surface area contributed by atoms with Crippen molar-refractivity contribution < 1.29 is 14.7 Å². The van der Waals surface area contributed by atoms with Gasteiger partial charge in [0.1, 0.15) is 4.88 Å². The molecule has 1 unspecified atom stereocenters. The van der Waals surface area contributed by atoms with Gasteiger partial charge in [-0.05, 0) is 30.9 Å². The molecule has 1 aromatic heterocycles. The topological polar surface area (TPSA) is 78.4 Å². The van der Waals surface area contributed by atoms with Gasteiger partial charge in [-0.1, -0.05) is 18.2 Å². The van der Waals surface area contributed by atoms with Crippen LogP contribution in [0, 0.1) is 0 Å². The first kappa shape index (κ1) is 15.5. The summed E-state index contributed by atoms with van der Waals surface area (Å²) in [5.74, 6) is -1.02. The molecule has 1 atom stereocenters. The predicted octanol–water partition coefficient (Wildman–Crippen LogP) is 2.21. The fourth-order valence-corrected chi connectivity index (χ4v) is 3.18. The highest BCUT2D eigenvalue weighted by molar-refractivity contribution is 7.21. The lowest BCUT2D eigenvalue weighted by molar-refractivity contribution is -0.122. The molecule has 6 heteroatoms. The second-order valence-corrected chi connectivity index (χ2v) is 5.76. The van der Waals surface area contributed by atoms with E-state index in [4.69, 9.17) is 0 Å². The van der Waals surface area contributed by atoms with Gasteiger partial charge >= 0.3 is 5.97 Å². The average Bonchev–Trinajstić information content (AvgIpc) is 2.84. The van der Waals surface area contributed by atoms with E-state index in [9.17, 15) is 14.7 Å². The third-order valence-electron chi connectivity index (χ3n) is 3.22. The number of carbonyl (C=O) groups excluding carboxylic acids is 1. The first-order chi connectivity index (χ1) is 10.0. The third kappa shape index (κ3) is 3.40. The van der Waals surface area contributed by atoms with Gasteiger partial charge in [0.2, 0.25) is 5.91 Å². The molecular formula is C15H18N2O3S. The summed E-state index contributed by atoms with van der Waals surface area (Å²) in [5.41, 5.74) is 0.735. The van der Waals surface area contributed by atoms with E-state index in [-0.39, 0.29) is 11.9 Å². The van der Waals surface area contributed by atoms with Crippen molar-refractivity contribution >= 4 is 33.3 Å². The summed E-state index contributed by atoms with van der Waals surface area (Å²) in [6.45, 7) is 4.55. The van der Waals surface area contributed by atoms with Crippen LogP contribution >= 0.6 is 11.3 Å². The Labute approximate surface area is 127 Å². The minimum Gasteiger partial charge on any atom is -0.477 e. The molecule has 0 aliphatic rings. The van der Waals surface area contributed by atoms with Crippen molar-refractivity contribution in [2.24, 2.45) is 0 Å². The molecule has 5 nitrogen and oxygen atoms in total. The van der Waals surface area contributed by atoms with Crippen LogP contribution in [0.4, 0.5) is 0 Å². The van der Waals surface area contributed by atoms with Crippen molar-refractivity contribution in [3.63, 3.8) is 0 Å². The zero-order valence-corrected chi connectivity index (χ0v) is 12.8. The van der Waals surface area contributed by atoms with Crippen LogP contribution in [0.5, 0.6) is 0 Å². The molecule has 1 heterocycles. The van der Waals surface area contributed by atoms with Crippen LogP contribution in [-0.2, 0) is 11.3 Å². The van der Waals surface area contributed by atoms with E-state index in [1.165, 1.54) is 11.3 Å². The fraction of sp³-hybridized carbons (Fsp3) is 0.333. The number of carbonyl (C=O) groups is 2. The smallest absolute Gasteiger partial charge is 0.346 e. The predicted molar refractivity (Wildman–Crippen MR) is 83.8 cm³/mol. The van der Waals surface area contributed by atoms with Gasteiger partial charge in [0, 0.05) is 17.8 Å². The van der Waals surface area contributed by atoms with E-state index >= 15 is 0 Å². The molecule has 0 saturated heterocycles. The van der Waals surface area contributed by atoms with E-state index in [2.05, 4.69) is 10.6 Å². The van der Waals surface area contributed by atoms with E-state index < -0.39 is 5.97 Å². The number of hydrogen-bond acceptors (Lipinski definition) is 4. The minimum atomic E-state index is -0.932. The third-order valence-corrected chi connectivity index (χ3v) is 4.42. The van der Waals surface area contributed by atoms with Crippen molar-refractivity contribution in [3.8, 4) is 0 Å². The lowest BCUT2D eigenvalue weighted by Gasteiger charge is -2.13. The largest absolute Gasteiger partial charge is 0.477 e. The summed E-state index contributed by atoms with van der Waals surface area (Å²) >= 11 is 1.26. The summed E-state index contributed by atoms with van der Waals surface area (Å²) in [6.07, 6.45) is 0. The number of carboxylic acid groups (broad SMARTS) is 1. The average molecular weight is 306 g/mol. The van der Waals surface area contributed by atoms with Crippen LogP contribution in [0.2, 0.25) is 0 Å². The molecule has 112 valence electrons. The van der Waals surface area contributed by atoms with Crippen LogP contribution in [0.1, 0.15) is 29.1 Å². The number of rotatable bonds is 6. The Kier molecular flexibility index (Phi) is 4.93. The number of benzene rings is 1. The fourth-order valence-electron chi connectivity index (χ4n) is 2.12. The first-order valence-electron chi connectivity index (χ1n) is 6.79. The second kappa shape index (κ2) is 6.69. The lowest BCUT2D eigenvalue weighted by atomic mass is 10.1. The van der Waals surface area contributed by atoms with Crippen LogP contribution in [0.25, 0.3) is 10.1 Å². The van der Waals surface area contributed by atoms with Crippen molar-refractivity contribution in [2.75, 3.05) is 6.54 Å². The molecule has 0 spiro atoms. The minimum absolute atomic E-state index is 0.0890. The highest BCUT2D eigenvalue weighted by Crippen LogP contribution is 2.31. The second-order valence-electron chi connectivity index (χ2n) is 4.71. The van der Waals surface area contributed by atoms with Crippen molar-refractivity contribution in [1.29, 1.82) is 0 Å². The van der Waals surface area contributed by atoms with Crippen LogP contribution < -0.4 is 10.6 Å². The van der Waals surface area contributed by atoms with Gasteiger partial charge in [0.15, 0.2) is 0 Å². The van der Waals surface area contributed by atoms with Crippen molar-refractivity contribution in [1.82, 2.24) is 10.6 Å². The number of carboxylic acids is 1. The van der Waals surface area contributed by atoms with Crippen LogP contribution in [-0.4, -0.2) is 29.6 Å². The molecule has 0 fully saturated rings. The SMILES string of the molecule is CCNC(=O)C(C)NCc1c(C(=O)O)sc2ccccc12. The molecule has 0 aliphatic carbocycles. The van der Waals surface area contributed by atoms with E-state index in [0.717, 1.165) is 15.6 Å². The number of nitrogens with one attached hydrogen (secondary N) is 2. The molecule has 0 radical (unpaired) electrons. The Balaban J connectivity index is 2.23. The highest BCUT2D eigenvalue weighted by atomic mass is 32.1. The summed E-state index contributed by atoms with van der Waals surface area (Å²) < 4.78 is 0.942. The Morgan fingerprint density at radius 2 is 2.05 bits per heavy atom. The maximum Gasteiger partial charge on any atom is 0.346 e. The molecule has 3 N–H and O–H groups in total. The molecular weight excluding hydrogens is 288 g/mol. The van der Waals surface area contributed by atoms with Gasteiger partial charge in [-0.15, -0.1) is 11.3 Å². The number of fused-ring (bicyclic) bond motifs is 1. The standard InChI is InChI=1S/C15H18N2O3S/c1-3-16-14(18)9(2)17-8-11-10-6-4-5-7-12(10)21-13(11)15(19)20/h4-7,9,17H,3,8H2,1-2H3,(H,16,18)(H,19,20). The Morgan fingerprint density at radius 3 is 2.71 bits per heavy atom. The lowest BCUT2D eigenvalue weighted by Crippen LogP contribution is -2.41. The summed E-state index contributed by atoms with van der Waals surface area (Å²) in [5, 5.41) is 16.1.